The van der Waals surface area contributed by atoms with Crippen LogP contribution in [0.2, 0.25) is 0 Å². The van der Waals surface area contributed by atoms with Gasteiger partial charge < -0.3 is 5.32 Å². The molecule has 0 aromatic heterocycles. The first-order chi connectivity index (χ1) is 9.31. The highest BCUT2D eigenvalue weighted by Crippen LogP contribution is 2.16. The lowest BCUT2D eigenvalue weighted by molar-refractivity contribution is 0.475. The van der Waals surface area contributed by atoms with Gasteiger partial charge in [0.15, 0.2) is 0 Å². The first-order valence-electron chi connectivity index (χ1n) is 6.87. The second-order valence-corrected chi connectivity index (χ2v) is 6.88. The lowest BCUT2D eigenvalue weighted by Crippen LogP contribution is -2.35. The standard InChI is InChI=1S/C16H19NOS/c18-19-9-7-16(8-10-19)17-12-13-5-6-14-3-1-2-4-15(14)11-13/h1-6,11,16-17H,7-10,12H2. The minimum absolute atomic E-state index is 0.532. The number of nitrogens with one attached hydrogen (secondary N) is 1. The van der Waals surface area contributed by atoms with E-state index in [4.69, 9.17) is 0 Å². The van der Waals surface area contributed by atoms with Crippen LogP contribution in [-0.2, 0) is 17.3 Å². The largest absolute Gasteiger partial charge is 0.310 e. The summed E-state index contributed by atoms with van der Waals surface area (Å²) < 4.78 is 11.3. The predicted octanol–water partition coefficient (Wildman–Crippen LogP) is 2.84. The Morgan fingerprint density at radius 3 is 2.58 bits per heavy atom. The quantitative estimate of drug-likeness (QED) is 0.931. The van der Waals surface area contributed by atoms with E-state index < -0.39 is 10.8 Å². The molecule has 100 valence electrons. The second-order valence-electron chi connectivity index (χ2n) is 5.18. The molecule has 1 aliphatic heterocycles. The number of fused-ring (bicyclic) bond motifs is 1. The maximum absolute atomic E-state index is 11.3. The van der Waals surface area contributed by atoms with E-state index in [0.717, 1.165) is 30.9 Å². The van der Waals surface area contributed by atoms with E-state index in [2.05, 4.69) is 47.8 Å². The molecule has 2 aromatic carbocycles. The van der Waals surface area contributed by atoms with Crippen molar-refractivity contribution in [3.8, 4) is 0 Å². The molecular weight excluding hydrogens is 254 g/mol. The van der Waals surface area contributed by atoms with Crippen LogP contribution in [0.5, 0.6) is 0 Å². The second kappa shape index (κ2) is 5.85. The molecule has 0 radical (unpaired) electrons. The van der Waals surface area contributed by atoms with E-state index in [1.165, 1.54) is 16.3 Å². The van der Waals surface area contributed by atoms with Gasteiger partial charge in [-0.25, -0.2) is 0 Å². The zero-order chi connectivity index (χ0) is 13.1. The van der Waals surface area contributed by atoms with Gasteiger partial charge in [0.1, 0.15) is 0 Å². The molecule has 1 aliphatic rings. The van der Waals surface area contributed by atoms with E-state index in [1.54, 1.807) is 0 Å². The molecular formula is C16H19NOS. The van der Waals surface area contributed by atoms with Gasteiger partial charge in [-0.3, -0.25) is 4.21 Å². The summed E-state index contributed by atoms with van der Waals surface area (Å²) in [6, 6.07) is 15.6. The van der Waals surface area contributed by atoms with Crippen molar-refractivity contribution in [3.63, 3.8) is 0 Å². The van der Waals surface area contributed by atoms with Crippen molar-refractivity contribution in [1.82, 2.24) is 5.32 Å². The third kappa shape index (κ3) is 3.23. The van der Waals surface area contributed by atoms with Crippen molar-refractivity contribution in [3.05, 3.63) is 48.0 Å². The van der Waals surface area contributed by atoms with Gasteiger partial charge in [-0.05, 0) is 35.2 Å². The Balaban J connectivity index is 1.63. The highest BCUT2D eigenvalue weighted by molar-refractivity contribution is 7.85. The molecule has 2 aromatic rings. The molecule has 0 unspecified atom stereocenters. The summed E-state index contributed by atoms with van der Waals surface area (Å²) in [6.45, 7) is 0.905. The highest BCUT2D eigenvalue weighted by Gasteiger charge is 2.16. The van der Waals surface area contributed by atoms with Gasteiger partial charge in [0, 0.05) is 34.9 Å². The fourth-order valence-electron chi connectivity index (χ4n) is 2.61. The van der Waals surface area contributed by atoms with Gasteiger partial charge in [0.2, 0.25) is 0 Å². The van der Waals surface area contributed by atoms with Gasteiger partial charge in [-0.1, -0.05) is 36.4 Å². The number of rotatable bonds is 3. The van der Waals surface area contributed by atoms with Crippen LogP contribution in [0.4, 0.5) is 0 Å². The Morgan fingerprint density at radius 1 is 1.05 bits per heavy atom. The number of hydrogen-bond acceptors (Lipinski definition) is 2. The Labute approximate surface area is 116 Å². The van der Waals surface area contributed by atoms with Crippen molar-refractivity contribution in [2.24, 2.45) is 0 Å². The maximum atomic E-state index is 11.3. The van der Waals surface area contributed by atoms with Crippen molar-refractivity contribution < 1.29 is 4.21 Å². The number of hydrogen-bond donors (Lipinski definition) is 1. The Hall–Kier alpha value is -1.19. The monoisotopic (exact) mass is 273 g/mol. The van der Waals surface area contributed by atoms with Crippen LogP contribution in [-0.4, -0.2) is 21.8 Å². The van der Waals surface area contributed by atoms with Gasteiger partial charge in [-0.15, -0.1) is 0 Å². The fraction of sp³-hybridized carbons (Fsp3) is 0.375. The third-order valence-electron chi connectivity index (χ3n) is 3.80. The van der Waals surface area contributed by atoms with E-state index in [0.29, 0.717) is 6.04 Å². The molecule has 0 aliphatic carbocycles. The molecule has 0 spiro atoms. The molecule has 0 saturated carbocycles. The van der Waals surface area contributed by atoms with Crippen LogP contribution in [0.3, 0.4) is 0 Å². The predicted molar refractivity (Wildman–Crippen MR) is 81.7 cm³/mol. The van der Waals surface area contributed by atoms with E-state index in [1.807, 2.05) is 0 Å². The van der Waals surface area contributed by atoms with Crippen LogP contribution < -0.4 is 5.32 Å². The molecule has 3 rings (SSSR count). The summed E-state index contributed by atoms with van der Waals surface area (Å²) >= 11 is 0. The Morgan fingerprint density at radius 2 is 1.79 bits per heavy atom. The summed E-state index contributed by atoms with van der Waals surface area (Å²) in [4.78, 5) is 0. The average molecular weight is 273 g/mol. The molecule has 19 heavy (non-hydrogen) atoms. The zero-order valence-electron chi connectivity index (χ0n) is 11.0. The molecule has 0 atom stereocenters. The smallest absolute Gasteiger partial charge is 0.0249 e. The normalized spacial score (nSPS) is 23.6. The van der Waals surface area contributed by atoms with Gasteiger partial charge in [-0.2, -0.15) is 0 Å². The molecule has 1 N–H and O–H groups in total. The minimum Gasteiger partial charge on any atom is -0.310 e. The van der Waals surface area contributed by atoms with Crippen molar-refractivity contribution >= 4 is 21.6 Å². The minimum atomic E-state index is -0.568. The van der Waals surface area contributed by atoms with Gasteiger partial charge in [0.05, 0.1) is 0 Å². The summed E-state index contributed by atoms with van der Waals surface area (Å²) in [7, 11) is -0.568. The van der Waals surface area contributed by atoms with Crippen LogP contribution in [0.25, 0.3) is 10.8 Å². The van der Waals surface area contributed by atoms with Crippen molar-refractivity contribution in [2.75, 3.05) is 11.5 Å². The molecule has 3 heteroatoms. The highest BCUT2D eigenvalue weighted by atomic mass is 32.2. The van der Waals surface area contributed by atoms with E-state index in [9.17, 15) is 4.21 Å². The molecule has 1 fully saturated rings. The van der Waals surface area contributed by atoms with E-state index >= 15 is 0 Å². The van der Waals surface area contributed by atoms with Gasteiger partial charge in [0.25, 0.3) is 0 Å². The van der Waals surface area contributed by atoms with Crippen LogP contribution in [0, 0.1) is 0 Å². The van der Waals surface area contributed by atoms with E-state index in [-0.39, 0.29) is 0 Å². The average Bonchev–Trinajstić information content (AvgIpc) is 2.46. The first-order valence-corrected chi connectivity index (χ1v) is 8.36. The summed E-state index contributed by atoms with van der Waals surface area (Å²) in [5.74, 6) is 1.71. The van der Waals surface area contributed by atoms with Gasteiger partial charge >= 0.3 is 0 Å². The van der Waals surface area contributed by atoms with Crippen molar-refractivity contribution in [1.29, 1.82) is 0 Å². The van der Waals surface area contributed by atoms with Crippen LogP contribution in [0.1, 0.15) is 18.4 Å². The lowest BCUT2D eigenvalue weighted by atomic mass is 10.1. The van der Waals surface area contributed by atoms with Crippen molar-refractivity contribution in [2.45, 2.75) is 25.4 Å². The lowest BCUT2D eigenvalue weighted by Gasteiger charge is -2.22. The number of benzene rings is 2. The summed E-state index contributed by atoms with van der Waals surface area (Å²) in [5.41, 5.74) is 1.32. The molecule has 1 saturated heterocycles. The molecule has 2 nitrogen and oxygen atoms in total. The molecule has 0 amide bonds. The fourth-order valence-corrected chi connectivity index (χ4v) is 3.91. The third-order valence-corrected chi connectivity index (χ3v) is 5.18. The molecule has 1 heterocycles. The van der Waals surface area contributed by atoms with Crippen LogP contribution in [0.15, 0.2) is 42.5 Å². The van der Waals surface area contributed by atoms with Crippen LogP contribution >= 0.6 is 0 Å². The SMILES string of the molecule is O=S1CCC(NCc2ccc3ccccc3c2)CC1. The molecule has 0 bridgehead atoms. The first kappa shape index (κ1) is 12.8. The Bertz CT molecular complexity index is 586. The topological polar surface area (TPSA) is 29.1 Å². The maximum Gasteiger partial charge on any atom is 0.0249 e. The Kier molecular flexibility index (Phi) is 3.95. The summed E-state index contributed by atoms with van der Waals surface area (Å²) in [5, 5.41) is 6.18. The zero-order valence-corrected chi connectivity index (χ0v) is 11.8. The summed E-state index contributed by atoms with van der Waals surface area (Å²) in [6.07, 6.45) is 2.08.